The summed E-state index contributed by atoms with van der Waals surface area (Å²) in [5, 5.41) is 5.58. The predicted octanol–water partition coefficient (Wildman–Crippen LogP) is 1.48. The van der Waals surface area contributed by atoms with E-state index in [1.807, 2.05) is 20.8 Å². The number of nitrogens with one attached hydrogen (secondary N) is 2. The number of fused-ring (bicyclic) bond motifs is 1. The van der Waals surface area contributed by atoms with Gasteiger partial charge in [0.2, 0.25) is 11.8 Å². The topological polar surface area (TPSA) is 103 Å². The molecule has 1 saturated carbocycles. The maximum absolute atomic E-state index is 12.2. The van der Waals surface area contributed by atoms with Gasteiger partial charge in [0.15, 0.2) is 0 Å². The number of amides is 2. The Bertz CT molecular complexity index is 749. The molecule has 3 rings (SSSR count). The van der Waals surface area contributed by atoms with E-state index in [4.69, 9.17) is 15.2 Å². The van der Waals surface area contributed by atoms with Crippen molar-refractivity contribution in [2.75, 3.05) is 13.2 Å². The van der Waals surface area contributed by atoms with Gasteiger partial charge in [-0.2, -0.15) is 0 Å². The Kier molecular flexibility index (Phi) is 6.13. The Labute approximate surface area is 166 Å². The van der Waals surface area contributed by atoms with Crippen molar-refractivity contribution in [2.45, 2.75) is 64.6 Å². The molecule has 0 radical (unpaired) electrons. The second-order valence-electron chi connectivity index (χ2n) is 8.07. The zero-order chi connectivity index (χ0) is 20.4. The van der Waals surface area contributed by atoms with Crippen LogP contribution in [0.15, 0.2) is 12.1 Å². The normalized spacial score (nSPS) is 23.6. The van der Waals surface area contributed by atoms with Gasteiger partial charge >= 0.3 is 0 Å². The molecule has 4 atom stereocenters. The summed E-state index contributed by atoms with van der Waals surface area (Å²) in [4.78, 5) is 24.1. The first-order valence-corrected chi connectivity index (χ1v) is 10.1. The molecule has 1 aliphatic carbocycles. The number of hydrogen-bond acceptors (Lipinski definition) is 5. The molecule has 1 fully saturated rings. The van der Waals surface area contributed by atoms with Crippen LogP contribution in [-0.4, -0.2) is 43.2 Å². The lowest BCUT2D eigenvalue weighted by atomic mass is 10.0. The molecule has 1 heterocycles. The van der Waals surface area contributed by atoms with Crippen LogP contribution >= 0.6 is 0 Å². The molecule has 2 amide bonds. The Morgan fingerprint density at radius 2 is 2.11 bits per heavy atom. The SMILES string of the molecule is CCOc1cc2c(cc1C1CC1NC(=O)CNC(=O)[C@@H](N)C(C)C)OC(C)C2. The molecule has 0 spiro atoms. The average molecular weight is 389 g/mol. The predicted molar refractivity (Wildman–Crippen MR) is 107 cm³/mol. The minimum Gasteiger partial charge on any atom is -0.494 e. The molecule has 0 aromatic heterocycles. The Morgan fingerprint density at radius 3 is 2.79 bits per heavy atom. The Hall–Kier alpha value is -2.28. The molecular weight excluding hydrogens is 358 g/mol. The summed E-state index contributed by atoms with van der Waals surface area (Å²) in [6, 6.07) is 3.57. The van der Waals surface area contributed by atoms with Gasteiger partial charge in [0.1, 0.15) is 17.6 Å². The zero-order valence-corrected chi connectivity index (χ0v) is 17.1. The van der Waals surface area contributed by atoms with Crippen molar-refractivity contribution in [1.29, 1.82) is 0 Å². The molecular formula is C21H31N3O4. The fourth-order valence-electron chi connectivity index (χ4n) is 3.57. The first-order chi connectivity index (χ1) is 13.3. The third-order valence-corrected chi connectivity index (χ3v) is 5.31. The van der Waals surface area contributed by atoms with Crippen LogP contribution in [0.3, 0.4) is 0 Å². The highest BCUT2D eigenvalue weighted by atomic mass is 16.5. The average Bonchev–Trinajstić information content (AvgIpc) is 3.29. The summed E-state index contributed by atoms with van der Waals surface area (Å²) in [5.41, 5.74) is 8.03. The van der Waals surface area contributed by atoms with Crippen LogP contribution in [0.1, 0.15) is 51.2 Å². The molecule has 7 heteroatoms. The van der Waals surface area contributed by atoms with E-state index < -0.39 is 6.04 Å². The van der Waals surface area contributed by atoms with Gasteiger partial charge in [-0.15, -0.1) is 0 Å². The third kappa shape index (κ3) is 4.58. The lowest BCUT2D eigenvalue weighted by Gasteiger charge is -2.15. The zero-order valence-electron chi connectivity index (χ0n) is 17.1. The van der Waals surface area contributed by atoms with E-state index in [1.54, 1.807) is 0 Å². The molecule has 3 unspecified atom stereocenters. The molecule has 28 heavy (non-hydrogen) atoms. The van der Waals surface area contributed by atoms with Gasteiger partial charge in [-0.1, -0.05) is 13.8 Å². The van der Waals surface area contributed by atoms with Crippen LogP contribution in [0.4, 0.5) is 0 Å². The van der Waals surface area contributed by atoms with Crippen molar-refractivity contribution in [1.82, 2.24) is 10.6 Å². The van der Waals surface area contributed by atoms with E-state index in [-0.39, 0.29) is 42.3 Å². The maximum atomic E-state index is 12.2. The monoisotopic (exact) mass is 389 g/mol. The quantitative estimate of drug-likeness (QED) is 0.625. The summed E-state index contributed by atoms with van der Waals surface area (Å²) in [7, 11) is 0. The third-order valence-electron chi connectivity index (χ3n) is 5.31. The first kappa shape index (κ1) is 20.5. The molecule has 1 aromatic carbocycles. The van der Waals surface area contributed by atoms with Gasteiger partial charge in [-0.3, -0.25) is 9.59 Å². The van der Waals surface area contributed by atoms with Gasteiger partial charge in [0, 0.05) is 29.5 Å². The van der Waals surface area contributed by atoms with Crippen molar-refractivity contribution in [3.63, 3.8) is 0 Å². The smallest absolute Gasteiger partial charge is 0.239 e. The largest absolute Gasteiger partial charge is 0.494 e. The standard InChI is InChI=1S/C21H31N3O4/c1-5-27-18-7-13-6-12(4)28-17(13)9-15(18)14-8-16(14)24-19(25)10-23-21(26)20(22)11(2)3/h7,9,11-12,14,16,20H,5-6,8,10,22H2,1-4H3,(H,23,26)(H,24,25)/t12?,14?,16?,20-/m0/s1. The molecule has 1 aromatic rings. The number of nitrogens with two attached hydrogens (primary N) is 1. The van der Waals surface area contributed by atoms with E-state index in [1.165, 1.54) is 5.56 Å². The van der Waals surface area contributed by atoms with Gasteiger partial charge < -0.3 is 25.8 Å². The lowest BCUT2D eigenvalue weighted by molar-refractivity contribution is -0.127. The Balaban J connectivity index is 1.57. The summed E-state index contributed by atoms with van der Waals surface area (Å²) in [6.45, 7) is 8.29. The highest BCUT2D eigenvalue weighted by Crippen LogP contribution is 2.48. The summed E-state index contributed by atoms with van der Waals surface area (Å²) in [5.74, 6) is 1.50. The lowest BCUT2D eigenvalue weighted by Crippen LogP contribution is -2.47. The van der Waals surface area contributed by atoms with E-state index in [2.05, 4.69) is 29.7 Å². The number of carbonyl (C=O) groups excluding carboxylic acids is 2. The van der Waals surface area contributed by atoms with Crippen LogP contribution in [0.2, 0.25) is 0 Å². The number of benzene rings is 1. The number of carbonyl (C=O) groups is 2. The van der Waals surface area contributed by atoms with Crippen molar-refractivity contribution < 1.29 is 19.1 Å². The summed E-state index contributed by atoms with van der Waals surface area (Å²) >= 11 is 0. The van der Waals surface area contributed by atoms with Crippen LogP contribution in [0.25, 0.3) is 0 Å². The number of hydrogen-bond donors (Lipinski definition) is 3. The van der Waals surface area contributed by atoms with Crippen molar-refractivity contribution >= 4 is 11.8 Å². The second-order valence-corrected chi connectivity index (χ2v) is 8.07. The van der Waals surface area contributed by atoms with Gasteiger partial charge in [-0.05, 0) is 38.3 Å². The molecule has 4 N–H and O–H groups in total. The van der Waals surface area contributed by atoms with Crippen LogP contribution in [0.5, 0.6) is 11.5 Å². The van der Waals surface area contributed by atoms with Gasteiger partial charge in [0.25, 0.3) is 0 Å². The van der Waals surface area contributed by atoms with E-state index in [0.717, 1.165) is 29.9 Å². The van der Waals surface area contributed by atoms with Crippen LogP contribution in [-0.2, 0) is 16.0 Å². The highest BCUT2D eigenvalue weighted by molar-refractivity contribution is 5.87. The van der Waals surface area contributed by atoms with E-state index in [9.17, 15) is 9.59 Å². The minimum absolute atomic E-state index is 0.0256. The molecule has 154 valence electrons. The van der Waals surface area contributed by atoms with E-state index in [0.29, 0.717) is 6.61 Å². The molecule has 2 aliphatic rings. The van der Waals surface area contributed by atoms with Crippen LogP contribution in [0, 0.1) is 5.92 Å². The maximum Gasteiger partial charge on any atom is 0.239 e. The molecule has 0 bridgehead atoms. The summed E-state index contributed by atoms with van der Waals surface area (Å²) < 4.78 is 11.7. The summed E-state index contributed by atoms with van der Waals surface area (Å²) in [6.07, 6.45) is 1.91. The molecule has 1 aliphatic heterocycles. The van der Waals surface area contributed by atoms with Crippen LogP contribution < -0.4 is 25.8 Å². The first-order valence-electron chi connectivity index (χ1n) is 10.1. The molecule has 7 nitrogen and oxygen atoms in total. The molecule has 0 saturated heterocycles. The fourth-order valence-corrected chi connectivity index (χ4v) is 3.57. The number of rotatable bonds is 8. The van der Waals surface area contributed by atoms with Crippen molar-refractivity contribution in [3.05, 3.63) is 23.3 Å². The van der Waals surface area contributed by atoms with Crippen molar-refractivity contribution in [3.8, 4) is 11.5 Å². The minimum atomic E-state index is -0.607. The fraction of sp³-hybridized carbons (Fsp3) is 0.619. The van der Waals surface area contributed by atoms with Gasteiger partial charge in [0.05, 0.1) is 19.2 Å². The highest BCUT2D eigenvalue weighted by Gasteiger charge is 2.42. The second kappa shape index (κ2) is 8.39. The number of ether oxygens (including phenoxy) is 2. The van der Waals surface area contributed by atoms with E-state index >= 15 is 0 Å². The van der Waals surface area contributed by atoms with Crippen molar-refractivity contribution in [2.24, 2.45) is 11.7 Å². The Morgan fingerprint density at radius 1 is 1.36 bits per heavy atom. The van der Waals surface area contributed by atoms with Gasteiger partial charge in [-0.25, -0.2) is 0 Å².